The van der Waals surface area contributed by atoms with Crippen LogP contribution in [0.2, 0.25) is 0 Å². The normalized spacial score (nSPS) is 15.6. The van der Waals surface area contributed by atoms with Crippen molar-refractivity contribution in [3.63, 3.8) is 0 Å². The van der Waals surface area contributed by atoms with E-state index in [0.717, 1.165) is 27.4 Å². The van der Waals surface area contributed by atoms with Crippen LogP contribution in [0.1, 0.15) is 17.7 Å². The molecule has 1 aliphatic rings. The molecule has 0 saturated carbocycles. The fraction of sp³-hybridized carbons (Fsp3) is 0.316. The molecule has 3 heterocycles. The Morgan fingerprint density at radius 3 is 2.60 bits per heavy atom. The molecular weight excluding hydrogens is 334 g/mol. The minimum absolute atomic E-state index is 0.244. The first-order chi connectivity index (χ1) is 12.1. The third-order valence-electron chi connectivity index (χ3n) is 4.67. The number of carboxylic acid groups (broad SMARTS) is 1. The van der Waals surface area contributed by atoms with E-state index in [1.165, 1.54) is 4.88 Å². The summed E-state index contributed by atoms with van der Waals surface area (Å²) < 4.78 is 0. The van der Waals surface area contributed by atoms with Crippen molar-refractivity contribution in [2.45, 2.75) is 19.8 Å². The number of hydrogen-bond donors (Lipinski definition) is 1. The van der Waals surface area contributed by atoms with Crippen molar-refractivity contribution in [2.24, 2.45) is 5.92 Å². The summed E-state index contributed by atoms with van der Waals surface area (Å²) in [6.07, 6.45) is 1.31. The summed E-state index contributed by atoms with van der Waals surface area (Å²) >= 11 is 1.67. The molecular formula is C19H19N3O2S. The number of piperidine rings is 1. The van der Waals surface area contributed by atoms with Gasteiger partial charge in [0.1, 0.15) is 10.6 Å². The summed E-state index contributed by atoms with van der Waals surface area (Å²) in [7, 11) is 0. The van der Waals surface area contributed by atoms with Gasteiger partial charge in [0.2, 0.25) is 0 Å². The largest absolute Gasteiger partial charge is 0.481 e. The van der Waals surface area contributed by atoms with E-state index in [1.807, 2.05) is 30.3 Å². The van der Waals surface area contributed by atoms with Gasteiger partial charge in [-0.1, -0.05) is 30.3 Å². The summed E-state index contributed by atoms with van der Waals surface area (Å²) in [6, 6.07) is 12.1. The second kappa shape index (κ2) is 6.44. The number of carbonyl (C=O) groups is 1. The second-order valence-corrected chi connectivity index (χ2v) is 7.65. The maximum atomic E-state index is 11.2. The molecule has 0 bridgehead atoms. The summed E-state index contributed by atoms with van der Waals surface area (Å²) in [4.78, 5) is 25.2. The highest BCUT2D eigenvalue weighted by Gasteiger charge is 2.27. The highest BCUT2D eigenvalue weighted by molar-refractivity contribution is 7.18. The molecule has 3 aromatic rings. The number of carboxylic acids is 1. The van der Waals surface area contributed by atoms with Crippen LogP contribution in [-0.4, -0.2) is 34.1 Å². The Hall–Kier alpha value is -2.47. The predicted octanol–water partition coefficient (Wildman–Crippen LogP) is 3.97. The standard InChI is InChI=1S/C19H19N3O2S/c1-12-11-15-17(22-9-7-14(8-10-22)19(23)24)20-16(21-18(15)25-12)13-5-3-2-4-6-13/h2-6,11,14H,7-10H2,1H3,(H,23,24). The van der Waals surface area contributed by atoms with E-state index in [-0.39, 0.29) is 5.92 Å². The summed E-state index contributed by atoms with van der Waals surface area (Å²) in [5.74, 6) is 0.720. The van der Waals surface area contributed by atoms with E-state index >= 15 is 0 Å². The Kier molecular flexibility index (Phi) is 4.13. The fourth-order valence-corrected chi connectivity index (χ4v) is 4.20. The van der Waals surface area contributed by atoms with Crippen LogP contribution in [0.25, 0.3) is 21.6 Å². The zero-order chi connectivity index (χ0) is 17.4. The molecule has 5 nitrogen and oxygen atoms in total. The molecule has 6 heteroatoms. The van der Waals surface area contributed by atoms with Crippen molar-refractivity contribution < 1.29 is 9.90 Å². The third-order valence-corrected chi connectivity index (χ3v) is 5.62. The Bertz CT molecular complexity index is 915. The molecule has 1 aliphatic heterocycles. The molecule has 0 spiro atoms. The summed E-state index contributed by atoms with van der Waals surface area (Å²) in [5, 5.41) is 10.3. The Morgan fingerprint density at radius 1 is 1.20 bits per heavy atom. The van der Waals surface area contributed by atoms with Gasteiger partial charge in [0.25, 0.3) is 0 Å². The third kappa shape index (κ3) is 3.09. The van der Waals surface area contributed by atoms with Crippen LogP contribution in [0.5, 0.6) is 0 Å². The van der Waals surface area contributed by atoms with Gasteiger partial charge in [0.15, 0.2) is 5.82 Å². The molecule has 0 aliphatic carbocycles. The number of thiophene rings is 1. The molecule has 25 heavy (non-hydrogen) atoms. The average Bonchev–Trinajstić information content (AvgIpc) is 3.02. The first-order valence-corrected chi connectivity index (χ1v) is 9.25. The van der Waals surface area contributed by atoms with Crippen LogP contribution < -0.4 is 4.90 Å². The van der Waals surface area contributed by atoms with E-state index in [0.29, 0.717) is 25.9 Å². The highest BCUT2D eigenvalue weighted by Crippen LogP contribution is 2.34. The number of aliphatic carboxylic acids is 1. The molecule has 128 valence electrons. The minimum Gasteiger partial charge on any atom is -0.481 e. The zero-order valence-electron chi connectivity index (χ0n) is 14.0. The molecule has 1 saturated heterocycles. The van der Waals surface area contributed by atoms with E-state index < -0.39 is 5.97 Å². The van der Waals surface area contributed by atoms with Gasteiger partial charge in [0.05, 0.1) is 11.3 Å². The van der Waals surface area contributed by atoms with E-state index in [2.05, 4.69) is 17.9 Å². The van der Waals surface area contributed by atoms with Gasteiger partial charge in [-0.15, -0.1) is 11.3 Å². The lowest BCUT2D eigenvalue weighted by Crippen LogP contribution is -2.37. The van der Waals surface area contributed by atoms with Gasteiger partial charge in [-0.05, 0) is 25.8 Å². The number of rotatable bonds is 3. The van der Waals surface area contributed by atoms with Crippen LogP contribution in [0.15, 0.2) is 36.4 Å². The van der Waals surface area contributed by atoms with Crippen molar-refractivity contribution >= 4 is 33.3 Å². The number of nitrogens with zero attached hydrogens (tertiary/aromatic N) is 3. The lowest BCUT2D eigenvalue weighted by molar-refractivity contribution is -0.142. The van der Waals surface area contributed by atoms with Gasteiger partial charge in [-0.25, -0.2) is 9.97 Å². The Labute approximate surface area is 150 Å². The SMILES string of the molecule is Cc1cc2c(N3CCC(C(=O)O)CC3)nc(-c3ccccc3)nc2s1. The predicted molar refractivity (Wildman–Crippen MR) is 100 cm³/mol. The van der Waals surface area contributed by atoms with Gasteiger partial charge in [-0.3, -0.25) is 4.79 Å². The maximum absolute atomic E-state index is 11.2. The van der Waals surface area contributed by atoms with Gasteiger partial charge >= 0.3 is 5.97 Å². The molecule has 1 aromatic carbocycles. The van der Waals surface area contributed by atoms with Crippen LogP contribution in [0.4, 0.5) is 5.82 Å². The topological polar surface area (TPSA) is 66.3 Å². The molecule has 4 rings (SSSR count). The number of hydrogen-bond acceptors (Lipinski definition) is 5. The summed E-state index contributed by atoms with van der Waals surface area (Å²) in [5.41, 5.74) is 0.997. The number of benzene rings is 1. The fourth-order valence-electron chi connectivity index (χ4n) is 3.32. The molecule has 0 amide bonds. The molecule has 1 N–H and O–H groups in total. The first kappa shape index (κ1) is 16.0. The second-order valence-electron chi connectivity index (χ2n) is 6.41. The Balaban J connectivity index is 1.76. The number of anilines is 1. The molecule has 0 radical (unpaired) electrons. The quantitative estimate of drug-likeness (QED) is 0.772. The zero-order valence-corrected chi connectivity index (χ0v) is 14.8. The first-order valence-electron chi connectivity index (χ1n) is 8.43. The van der Waals surface area contributed by atoms with Crippen molar-refractivity contribution in [1.29, 1.82) is 0 Å². The number of aryl methyl sites for hydroxylation is 1. The van der Waals surface area contributed by atoms with Crippen molar-refractivity contribution in [2.75, 3.05) is 18.0 Å². The molecule has 0 atom stereocenters. The van der Waals surface area contributed by atoms with Gasteiger partial charge in [-0.2, -0.15) is 0 Å². The van der Waals surface area contributed by atoms with Crippen LogP contribution in [-0.2, 0) is 4.79 Å². The van der Waals surface area contributed by atoms with E-state index in [4.69, 9.17) is 9.97 Å². The van der Waals surface area contributed by atoms with Crippen molar-refractivity contribution in [1.82, 2.24) is 9.97 Å². The van der Waals surface area contributed by atoms with Crippen molar-refractivity contribution in [3.8, 4) is 11.4 Å². The van der Waals surface area contributed by atoms with E-state index in [1.54, 1.807) is 11.3 Å². The maximum Gasteiger partial charge on any atom is 0.306 e. The van der Waals surface area contributed by atoms with Crippen LogP contribution in [0, 0.1) is 12.8 Å². The lowest BCUT2D eigenvalue weighted by Gasteiger charge is -2.31. The van der Waals surface area contributed by atoms with Gasteiger partial charge in [0, 0.05) is 23.5 Å². The van der Waals surface area contributed by atoms with Crippen LogP contribution >= 0.6 is 11.3 Å². The highest BCUT2D eigenvalue weighted by atomic mass is 32.1. The van der Waals surface area contributed by atoms with Crippen molar-refractivity contribution in [3.05, 3.63) is 41.3 Å². The lowest BCUT2D eigenvalue weighted by atomic mass is 9.97. The average molecular weight is 353 g/mol. The molecule has 0 unspecified atom stereocenters. The molecule has 1 fully saturated rings. The van der Waals surface area contributed by atoms with Crippen LogP contribution in [0.3, 0.4) is 0 Å². The van der Waals surface area contributed by atoms with Gasteiger partial charge < -0.3 is 10.0 Å². The summed E-state index contributed by atoms with van der Waals surface area (Å²) in [6.45, 7) is 3.51. The van der Waals surface area contributed by atoms with E-state index in [9.17, 15) is 9.90 Å². The molecule has 2 aromatic heterocycles. The minimum atomic E-state index is -0.691. The Morgan fingerprint density at radius 2 is 1.92 bits per heavy atom. The number of aromatic nitrogens is 2. The monoisotopic (exact) mass is 353 g/mol. The smallest absolute Gasteiger partial charge is 0.306 e. The number of fused-ring (bicyclic) bond motifs is 1.